The van der Waals surface area contributed by atoms with Crippen LogP contribution in [0.15, 0.2) is 36.7 Å². The highest BCUT2D eigenvalue weighted by molar-refractivity contribution is 5.85. The van der Waals surface area contributed by atoms with Crippen molar-refractivity contribution in [3.05, 3.63) is 47.8 Å². The molecule has 0 radical (unpaired) electrons. The van der Waals surface area contributed by atoms with Crippen molar-refractivity contribution in [3.63, 3.8) is 0 Å². The largest absolute Gasteiger partial charge is 0.497 e. The molecular formula is C19H28Cl2N4O. The minimum atomic E-state index is 0. The summed E-state index contributed by atoms with van der Waals surface area (Å²) in [5.74, 6) is 2.40. The Hall–Kier alpha value is -1.27. The minimum absolute atomic E-state index is 0. The molecule has 2 aliphatic rings. The number of rotatable bonds is 4. The van der Waals surface area contributed by atoms with Crippen molar-refractivity contribution in [2.45, 2.75) is 12.6 Å². The number of ether oxygens (including phenoxy) is 1. The first kappa shape index (κ1) is 21.0. The molecule has 4 rings (SSSR count). The molecule has 1 aromatic carbocycles. The molecule has 0 N–H and O–H groups in total. The van der Waals surface area contributed by atoms with E-state index in [0.29, 0.717) is 12.0 Å². The van der Waals surface area contributed by atoms with Crippen LogP contribution in [0.25, 0.3) is 0 Å². The van der Waals surface area contributed by atoms with Crippen LogP contribution in [0.2, 0.25) is 0 Å². The Balaban J connectivity index is 0.00000121. The molecule has 7 heteroatoms. The zero-order chi connectivity index (χ0) is 16.7. The molecule has 3 heterocycles. The summed E-state index contributed by atoms with van der Waals surface area (Å²) in [6, 6.07) is 9.13. The number of aryl methyl sites for hydroxylation is 1. The van der Waals surface area contributed by atoms with Gasteiger partial charge in [-0.05, 0) is 36.6 Å². The first-order valence-electron chi connectivity index (χ1n) is 8.68. The van der Waals surface area contributed by atoms with Gasteiger partial charge in [-0.2, -0.15) is 5.10 Å². The van der Waals surface area contributed by atoms with Gasteiger partial charge in [0.1, 0.15) is 5.75 Å². The quantitative estimate of drug-likeness (QED) is 0.792. The summed E-state index contributed by atoms with van der Waals surface area (Å²) in [7, 11) is 5.97. The molecule has 144 valence electrons. The van der Waals surface area contributed by atoms with E-state index in [1.54, 1.807) is 7.11 Å². The Labute approximate surface area is 168 Å². The van der Waals surface area contributed by atoms with Gasteiger partial charge in [-0.1, -0.05) is 12.1 Å². The minimum Gasteiger partial charge on any atom is -0.497 e. The second kappa shape index (κ2) is 8.61. The van der Waals surface area contributed by atoms with Crippen LogP contribution in [0.5, 0.6) is 5.75 Å². The lowest BCUT2D eigenvalue weighted by atomic mass is 9.89. The van der Waals surface area contributed by atoms with E-state index in [2.05, 4.69) is 52.4 Å². The number of likely N-dealkylation sites (tertiary alicyclic amines) is 2. The van der Waals surface area contributed by atoms with Crippen LogP contribution < -0.4 is 4.74 Å². The number of hydrogen-bond acceptors (Lipinski definition) is 4. The summed E-state index contributed by atoms with van der Waals surface area (Å²) in [6.45, 7) is 4.56. The highest BCUT2D eigenvalue weighted by atomic mass is 35.5. The number of benzene rings is 1. The van der Waals surface area contributed by atoms with E-state index in [1.165, 1.54) is 30.8 Å². The molecule has 2 fully saturated rings. The van der Waals surface area contributed by atoms with E-state index >= 15 is 0 Å². The van der Waals surface area contributed by atoms with E-state index in [1.807, 2.05) is 17.9 Å². The van der Waals surface area contributed by atoms with Gasteiger partial charge in [-0.3, -0.25) is 14.5 Å². The van der Waals surface area contributed by atoms with Crippen molar-refractivity contribution in [1.82, 2.24) is 19.6 Å². The fourth-order valence-electron chi connectivity index (χ4n) is 4.59. The topological polar surface area (TPSA) is 33.5 Å². The van der Waals surface area contributed by atoms with Gasteiger partial charge in [-0.15, -0.1) is 24.8 Å². The van der Waals surface area contributed by atoms with E-state index in [-0.39, 0.29) is 24.8 Å². The van der Waals surface area contributed by atoms with Crippen LogP contribution in [-0.2, 0) is 13.6 Å². The average molecular weight is 399 g/mol. The predicted octanol–water partition coefficient (Wildman–Crippen LogP) is 3.01. The van der Waals surface area contributed by atoms with Crippen molar-refractivity contribution in [2.75, 3.05) is 33.8 Å². The number of fused-ring (bicyclic) bond motifs is 1. The number of methoxy groups -OCH3 is 1. The molecule has 2 aromatic rings. The van der Waals surface area contributed by atoms with Crippen molar-refractivity contribution < 1.29 is 4.74 Å². The second-order valence-electron chi connectivity index (χ2n) is 7.30. The Bertz CT molecular complexity index is 706. The van der Waals surface area contributed by atoms with Crippen LogP contribution in [0, 0.1) is 11.8 Å². The van der Waals surface area contributed by atoms with E-state index in [0.717, 1.165) is 18.2 Å². The Kier molecular flexibility index (Phi) is 6.97. The van der Waals surface area contributed by atoms with Gasteiger partial charge >= 0.3 is 0 Å². The normalized spacial score (nSPS) is 25.4. The van der Waals surface area contributed by atoms with E-state index < -0.39 is 0 Å². The maximum Gasteiger partial charge on any atom is 0.118 e. The summed E-state index contributed by atoms with van der Waals surface area (Å²) in [4.78, 5) is 5.12. The van der Waals surface area contributed by atoms with Crippen molar-refractivity contribution >= 4 is 24.8 Å². The molecule has 0 amide bonds. The maximum atomic E-state index is 5.30. The monoisotopic (exact) mass is 398 g/mol. The number of halogens is 2. The van der Waals surface area contributed by atoms with Crippen molar-refractivity contribution in [2.24, 2.45) is 18.9 Å². The van der Waals surface area contributed by atoms with Crippen LogP contribution in [0.3, 0.4) is 0 Å². The van der Waals surface area contributed by atoms with Crippen LogP contribution in [0.1, 0.15) is 17.2 Å². The van der Waals surface area contributed by atoms with Crippen molar-refractivity contribution in [3.8, 4) is 5.75 Å². The maximum absolute atomic E-state index is 5.30. The van der Waals surface area contributed by atoms with Gasteiger partial charge in [-0.25, -0.2) is 0 Å². The molecule has 0 bridgehead atoms. The average Bonchev–Trinajstić information content (AvgIpc) is 3.22. The van der Waals surface area contributed by atoms with Gasteiger partial charge in [0.2, 0.25) is 0 Å². The first-order chi connectivity index (χ1) is 11.6. The lowest BCUT2D eigenvalue weighted by Gasteiger charge is -2.26. The predicted molar refractivity (Wildman–Crippen MR) is 108 cm³/mol. The van der Waals surface area contributed by atoms with Crippen molar-refractivity contribution in [1.29, 1.82) is 0 Å². The molecule has 2 saturated heterocycles. The van der Waals surface area contributed by atoms with Gasteiger partial charge in [0, 0.05) is 51.0 Å². The molecule has 1 aromatic heterocycles. The molecule has 0 spiro atoms. The third-order valence-corrected chi connectivity index (χ3v) is 5.59. The number of aromatic nitrogens is 2. The lowest BCUT2D eigenvalue weighted by molar-refractivity contribution is 0.224. The van der Waals surface area contributed by atoms with Gasteiger partial charge in [0.15, 0.2) is 0 Å². The summed E-state index contributed by atoms with van der Waals surface area (Å²) in [5, 5.41) is 4.29. The molecule has 0 aliphatic carbocycles. The Morgan fingerprint density at radius 1 is 1.08 bits per heavy atom. The van der Waals surface area contributed by atoms with Gasteiger partial charge in [0.05, 0.1) is 13.3 Å². The molecule has 26 heavy (non-hydrogen) atoms. The van der Waals surface area contributed by atoms with Gasteiger partial charge in [0.25, 0.3) is 0 Å². The zero-order valence-electron chi connectivity index (χ0n) is 15.5. The van der Waals surface area contributed by atoms with E-state index in [9.17, 15) is 0 Å². The fourth-order valence-corrected chi connectivity index (χ4v) is 4.59. The molecule has 0 saturated carbocycles. The highest BCUT2D eigenvalue weighted by Gasteiger charge is 2.45. The third-order valence-electron chi connectivity index (χ3n) is 5.59. The SMILES string of the molecule is COc1ccc([C@H]2[C@@H]3CN(Cc4cnn(C)c4)C[C@@H]3CN2C)cc1.Cl.Cl. The standard InChI is InChI=1S/C19H26N4O.2ClH/c1-21-11-16-12-23(10-14-8-20-22(2)9-14)13-18(16)19(21)15-4-6-17(24-3)7-5-15;;/h4-9,16,18-19H,10-13H2,1-3H3;2*1H/t16-,18+,19-;;/m0../s1. The zero-order valence-corrected chi connectivity index (χ0v) is 17.2. The Morgan fingerprint density at radius 3 is 2.42 bits per heavy atom. The smallest absolute Gasteiger partial charge is 0.118 e. The Morgan fingerprint density at radius 2 is 1.81 bits per heavy atom. The molecule has 5 nitrogen and oxygen atoms in total. The third kappa shape index (κ3) is 4.01. The van der Waals surface area contributed by atoms with E-state index in [4.69, 9.17) is 4.74 Å². The summed E-state index contributed by atoms with van der Waals surface area (Å²) in [5.41, 5.74) is 2.72. The first-order valence-corrected chi connectivity index (χ1v) is 8.68. The molecular weight excluding hydrogens is 371 g/mol. The highest BCUT2D eigenvalue weighted by Crippen LogP contribution is 2.44. The van der Waals surface area contributed by atoms with Gasteiger partial charge < -0.3 is 4.74 Å². The number of nitrogens with zero attached hydrogens (tertiary/aromatic N) is 4. The number of hydrogen-bond donors (Lipinski definition) is 0. The fraction of sp³-hybridized carbons (Fsp3) is 0.526. The molecule has 2 aliphatic heterocycles. The summed E-state index contributed by atoms with van der Waals surface area (Å²) >= 11 is 0. The van der Waals surface area contributed by atoms with Crippen LogP contribution in [-0.4, -0.2) is 53.4 Å². The molecule has 3 atom stereocenters. The van der Waals surface area contributed by atoms with Crippen LogP contribution in [0.4, 0.5) is 0 Å². The summed E-state index contributed by atoms with van der Waals surface area (Å²) in [6.07, 6.45) is 4.11. The second-order valence-corrected chi connectivity index (χ2v) is 7.30. The summed E-state index contributed by atoms with van der Waals surface area (Å²) < 4.78 is 7.19. The van der Waals surface area contributed by atoms with Crippen LogP contribution >= 0.6 is 24.8 Å². The molecule has 0 unspecified atom stereocenters. The lowest BCUT2D eigenvalue weighted by Crippen LogP contribution is -2.28.